The highest BCUT2D eigenvalue weighted by Crippen LogP contribution is 2.12. The van der Waals surface area contributed by atoms with Crippen LogP contribution in [0.25, 0.3) is 0 Å². The van der Waals surface area contributed by atoms with E-state index in [2.05, 4.69) is 58.3 Å². The van der Waals surface area contributed by atoms with Crippen LogP contribution in [0.1, 0.15) is 26.0 Å². The summed E-state index contributed by atoms with van der Waals surface area (Å²) in [6.07, 6.45) is 1.19. The number of likely N-dealkylation sites (N-methyl/N-ethyl adjacent to an activating group) is 1. The summed E-state index contributed by atoms with van der Waals surface area (Å²) >= 11 is 0. The normalized spacial score (nSPS) is 17.5. The van der Waals surface area contributed by atoms with Crippen molar-refractivity contribution in [1.29, 1.82) is 0 Å². The van der Waals surface area contributed by atoms with E-state index in [0.717, 1.165) is 44.2 Å². The van der Waals surface area contributed by atoms with Crippen molar-refractivity contribution < 1.29 is 0 Å². The van der Waals surface area contributed by atoms with Gasteiger partial charge in [0.25, 0.3) is 0 Å². The Labute approximate surface area is 122 Å². The first-order valence-electron chi connectivity index (χ1n) is 7.62. The minimum atomic E-state index is 0.663. The fourth-order valence-corrected chi connectivity index (χ4v) is 2.38. The zero-order valence-electron chi connectivity index (χ0n) is 13.0. The van der Waals surface area contributed by atoms with Gasteiger partial charge in [-0.15, -0.1) is 5.10 Å². The topological polar surface area (TPSA) is 44.3 Å². The van der Waals surface area contributed by atoms with E-state index in [-0.39, 0.29) is 0 Å². The Hall–Kier alpha value is -1.20. The fraction of sp³-hybridized carbons (Fsp3) is 0.733. The number of nitrogens with zero attached hydrogens (tertiary/aromatic N) is 4. The summed E-state index contributed by atoms with van der Waals surface area (Å²) in [6.45, 7) is 10.6. The Kier molecular flexibility index (Phi) is 5.73. The molecule has 0 aromatic carbocycles. The fourth-order valence-electron chi connectivity index (χ4n) is 2.38. The van der Waals surface area contributed by atoms with Crippen molar-refractivity contribution in [2.45, 2.75) is 26.8 Å². The quantitative estimate of drug-likeness (QED) is 0.880. The number of aromatic nitrogens is 2. The molecule has 1 N–H and O–H groups in total. The van der Waals surface area contributed by atoms with Crippen LogP contribution in [0.15, 0.2) is 12.1 Å². The summed E-state index contributed by atoms with van der Waals surface area (Å²) in [6, 6.07) is 4.19. The first-order valence-corrected chi connectivity index (χ1v) is 7.62. The molecule has 0 radical (unpaired) electrons. The average molecular weight is 277 g/mol. The van der Waals surface area contributed by atoms with Gasteiger partial charge in [-0.2, -0.15) is 5.10 Å². The average Bonchev–Trinajstić information content (AvgIpc) is 2.64. The summed E-state index contributed by atoms with van der Waals surface area (Å²) in [7, 11) is 2.18. The van der Waals surface area contributed by atoms with Crippen LogP contribution in [0.5, 0.6) is 0 Å². The molecule has 2 rings (SSSR count). The van der Waals surface area contributed by atoms with Gasteiger partial charge < -0.3 is 15.1 Å². The molecule has 0 spiro atoms. The van der Waals surface area contributed by atoms with Gasteiger partial charge in [-0.1, -0.05) is 13.8 Å². The van der Waals surface area contributed by atoms with E-state index in [1.54, 1.807) is 0 Å². The molecule has 5 heteroatoms. The molecule has 1 aromatic heterocycles. The van der Waals surface area contributed by atoms with Crippen LogP contribution >= 0.6 is 0 Å². The number of rotatable bonds is 5. The van der Waals surface area contributed by atoms with E-state index in [4.69, 9.17) is 0 Å². The number of hydrogen-bond donors (Lipinski definition) is 1. The van der Waals surface area contributed by atoms with Gasteiger partial charge >= 0.3 is 0 Å². The molecule has 0 aliphatic carbocycles. The van der Waals surface area contributed by atoms with Gasteiger partial charge in [0, 0.05) is 26.2 Å². The molecule has 1 aromatic rings. The second-order valence-corrected chi connectivity index (χ2v) is 6.05. The third kappa shape index (κ3) is 4.72. The molecule has 0 unspecified atom stereocenters. The number of anilines is 1. The van der Waals surface area contributed by atoms with Crippen molar-refractivity contribution in [1.82, 2.24) is 20.4 Å². The summed E-state index contributed by atoms with van der Waals surface area (Å²) in [4.78, 5) is 4.71. The minimum Gasteiger partial charge on any atom is -0.354 e. The maximum Gasteiger partial charge on any atom is 0.151 e. The van der Waals surface area contributed by atoms with Crippen LogP contribution in [0.4, 0.5) is 5.82 Å². The van der Waals surface area contributed by atoms with Gasteiger partial charge in [0.2, 0.25) is 0 Å². The Balaban J connectivity index is 1.87. The van der Waals surface area contributed by atoms with Gasteiger partial charge in [-0.3, -0.25) is 0 Å². The van der Waals surface area contributed by atoms with E-state index in [9.17, 15) is 0 Å². The van der Waals surface area contributed by atoms with Crippen molar-refractivity contribution in [3.63, 3.8) is 0 Å². The molecule has 5 nitrogen and oxygen atoms in total. The summed E-state index contributed by atoms with van der Waals surface area (Å²) in [5, 5.41) is 12.1. The zero-order valence-corrected chi connectivity index (χ0v) is 13.0. The van der Waals surface area contributed by atoms with Crippen LogP contribution in [0.2, 0.25) is 0 Å². The molecule has 1 fully saturated rings. The molecule has 1 aliphatic rings. The first-order chi connectivity index (χ1) is 9.65. The highest BCUT2D eigenvalue weighted by Gasteiger charge is 2.13. The lowest BCUT2D eigenvalue weighted by Crippen LogP contribution is -2.29. The van der Waals surface area contributed by atoms with Crippen molar-refractivity contribution in [3.05, 3.63) is 17.8 Å². The van der Waals surface area contributed by atoms with Crippen LogP contribution < -0.4 is 10.2 Å². The van der Waals surface area contributed by atoms with Crippen LogP contribution in [0, 0.1) is 5.92 Å². The third-order valence-corrected chi connectivity index (χ3v) is 3.61. The second kappa shape index (κ2) is 7.55. The third-order valence-electron chi connectivity index (χ3n) is 3.61. The summed E-state index contributed by atoms with van der Waals surface area (Å²) in [5.41, 5.74) is 1.02. The Morgan fingerprint density at radius 1 is 1.15 bits per heavy atom. The Morgan fingerprint density at radius 2 is 2.00 bits per heavy atom. The van der Waals surface area contributed by atoms with Crippen LogP contribution in [0.3, 0.4) is 0 Å². The van der Waals surface area contributed by atoms with Crippen molar-refractivity contribution in [2.24, 2.45) is 5.92 Å². The minimum absolute atomic E-state index is 0.663. The Morgan fingerprint density at radius 3 is 2.70 bits per heavy atom. The molecule has 1 saturated heterocycles. The molecule has 0 saturated carbocycles. The highest BCUT2D eigenvalue weighted by molar-refractivity contribution is 5.37. The van der Waals surface area contributed by atoms with Gasteiger partial charge in [-0.25, -0.2) is 0 Å². The standard InChI is InChI=1S/C15H27N5/c1-13(2)11-16-12-14-5-6-15(18-17-14)20-8-4-7-19(3)9-10-20/h5-6,13,16H,4,7-12H2,1-3H3. The smallest absolute Gasteiger partial charge is 0.151 e. The maximum atomic E-state index is 4.38. The molecular weight excluding hydrogens is 250 g/mol. The molecule has 2 heterocycles. The van der Waals surface area contributed by atoms with Crippen molar-refractivity contribution in [3.8, 4) is 0 Å². The zero-order chi connectivity index (χ0) is 14.4. The number of nitrogens with one attached hydrogen (secondary N) is 1. The molecular formula is C15H27N5. The van der Waals surface area contributed by atoms with Crippen molar-refractivity contribution in [2.75, 3.05) is 44.7 Å². The van der Waals surface area contributed by atoms with Gasteiger partial charge in [-0.05, 0) is 44.6 Å². The largest absolute Gasteiger partial charge is 0.354 e. The molecule has 0 atom stereocenters. The maximum absolute atomic E-state index is 4.38. The summed E-state index contributed by atoms with van der Waals surface area (Å²) < 4.78 is 0. The molecule has 20 heavy (non-hydrogen) atoms. The lowest BCUT2D eigenvalue weighted by molar-refractivity contribution is 0.360. The van der Waals surface area contributed by atoms with Gasteiger partial charge in [0.15, 0.2) is 5.82 Å². The van der Waals surface area contributed by atoms with Crippen molar-refractivity contribution >= 4 is 5.82 Å². The van der Waals surface area contributed by atoms with E-state index in [1.165, 1.54) is 13.0 Å². The second-order valence-electron chi connectivity index (χ2n) is 6.05. The molecule has 0 amide bonds. The predicted molar refractivity (Wildman–Crippen MR) is 82.9 cm³/mol. The highest BCUT2D eigenvalue weighted by atomic mass is 15.3. The first kappa shape index (κ1) is 15.2. The molecule has 0 bridgehead atoms. The SMILES string of the molecule is CC(C)CNCc1ccc(N2CCCN(C)CC2)nn1. The molecule has 1 aliphatic heterocycles. The Bertz CT molecular complexity index is 390. The van der Waals surface area contributed by atoms with E-state index in [0.29, 0.717) is 5.92 Å². The van der Waals surface area contributed by atoms with Crippen LogP contribution in [-0.2, 0) is 6.54 Å². The van der Waals surface area contributed by atoms with E-state index in [1.807, 2.05) is 0 Å². The predicted octanol–water partition coefficient (Wildman–Crippen LogP) is 1.36. The lowest BCUT2D eigenvalue weighted by Gasteiger charge is -2.21. The van der Waals surface area contributed by atoms with E-state index >= 15 is 0 Å². The molecule has 112 valence electrons. The van der Waals surface area contributed by atoms with Crippen LogP contribution in [-0.4, -0.2) is 54.9 Å². The number of hydrogen-bond acceptors (Lipinski definition) is 5. The van der Waals surface area contributed by atoms with E-state index < -0.39 is 0 Å². The summed E-state index contributed by atoms with van der Waals surface area (Å²) in [5.74, 6) is 1.67. The lowest BCUT2D eigenvalue weighted by atomic mass is 10.2. The van der Waals surface area contributed by atoms with Gasteiger partial charge in [0.05, 0.1) is 5.69 Å². The monoisotopic (exact) mass is 277 g/mol. The van der Waals surface area contributed by atoms with Gasteiger partial charge in [0.1, 0.15) is 0 Å².